The molecule has 4 nitrogen and oxygen atoms in total. The Kier molecular flexibility index (Phi) is 4.80. The molecule has 0 saturated heterocycles. The van der Waals surface area contributed by atoms with Gasteiger partial charge < -0.3 is 14.2 Å². The maximum atomic E-state index is 11.3. The summed E-state index contributed by atoms with van der Waals surface area (Å²) in [5.74, 6) is 0.636. The van der Waals surface area contributed by atoms with Crippen LogP contribution in [0.15, 0.2) is 67.6 Å². The summed E-state index contributed by atoms with van der Waals surface area (Å²) < 4.78 is 15.4. The van der Waals surface area contributed by atoms with E-state index >= 15 is 0 Å². The van der Waals surface area contributed by atoms with Crippen molar-refractivity contribution in [2.75, 3.05) is 6.79 Å². The van der Waals surface area contributed by atoms with Gasteiger partial charge in [-0.05, 0) is 35.0 Å². The third-order valence-electron chi connectivity index (χ3n) is 2.63. The fourth-order valence-corrected chi connectivity index (χ4v) is 1.73. The third-order valence-corrected chi connectivity index (χ3v) is 2.63. The summed E-state index contributed by atoms with van der Waals surface area (Å²) in [5, 5.41) is 1.89. The molecule has 0 aliphatic rings. The summed E-state index contributed by atoms with van der Waals surface area (Å²) in [6.07, 6.45) is 2.46. The summed E-state index contributed by atoms with van der Waals surface area (Å²) in [5.41, 5.74) is 2.37. The highest BCUT2D eigenvalue weighted by molar-refractivity contribution is 5.87. The predicted molar refractivity (Wildman–Crippen MR) is 80.1 cm³/mol. The Balaban J connectivity index is 2.17. The Morgan fingerprint density at radius 2 is 1.81 bits per heavy atom. The van der Waals surface area contributed by atoms with Crippen LogP contribution in [0.4, 0.5) is 0 Å². The van der Waals surface area contributed by atoms with Crippen LogP contribution in [-0.4, -0.2) is 12.8 Å². The van der Waals surface area contributed by atoms with Crippen molar-refractivity contribution in [3.63, 3.8) is 0 Å². The second-order valence-electron chi connectivity index (χ2n) is 4.04. The average molecular weight is 282 g/mol. The van der Waals surface area contributed by atoms with Gasteiger partial charge in [0, 0.05) is 0 Å². The van der Waals surface area contributed by atoms with Crippen LogP contribution in [-0.2, 0) is 9.53 Å². The van der Waals surface area contributed by atoms with E-state index in [0.717, 1.165) is 16.8 Å². The number of benzene rings is 2. The first-order valence-corrected chi connectivity index (χ1v) is 6.19. The zero-order valence-electron chi connectivity index (χ0n) is 11.4. The van der Waals surface area contributed by atoms with Crippen molar-refractivity contribution in [2.24, 2.45) is 0 Å². The fourth-order valence-electron chi connectivity index (χ4n) is 1.73. The van der Waals surface area contributed by atoms with E-state index < -0.39 is 5.97 Å². The predicted octanol–water partition coefficient (Wildman–Crippen LogP) is 3.58. The molecule has 0 heterocycles. The SMILES string of the molecule is C=C=CC(=O)Oc1ccc2cc(OCOC=C)ccc2c1. The molecule has 2 aromatic rings. The molecule has 0 aliphatic heterocycles. The Bertz CT molecular complexity index is 712. The lowest BCUT2D eigenvalue weighted by Gasteiger charge is -2.07. The molecule has 4 heteroatoms. The van der Waals surface area contributed by atoms with Gasteiger partial charge in [-0.2, -0.15) is 0 Å². The van der Waals surface area contributed by atoms with E-state index in [1.165, 1.54) is 6.26 Å². The highest BCUT2D eigenvalue weighted by Crippen LogP contribution is 2.25. The molecular formula is C17H14O4. The second-order valence-corrected chi connectivity index (χ2v) is 4.04. The quantitative estimate of drug-likeness (QED) is 0.154. The van der Waals surface area contributed by atoms with Crippen LogP contribution in [0.3, 0.4) is 0 Å². The molecule has 0 saturated carbocycles. The van der Waals surface area contributed by atoms with Gasteiger partial charge in [0.1, 0.15) is 11.5 Å². The van der Waals surface area contributed by atoms with E-state index in [-0.39, 0.29) is 6.79 Å². The van der Waals surface area contributed by atoms with Crippen LogP contribution in [0, 0.1) is 0 Å². The minimum absolute atomic E-state index is 0.110. The van der Waals surface area contributed by atoms with Gasteiger partial charge >= 0.3 is 5.97 Å². The molecule has 0 unspecified atom stereocenters. The molecule has 21 heavy (non-hydrogen) atoms. The largest absolute Gasteiger partial charge is 0.466 e. The zero-order chi connectivity index (χ0) is 15.1. The molecule has 0 spiro atoms. The second kappa shape index (κ2) is 6.98. The Hall–Kier alpha value is -2.97. The molecule has 0 atom stereocenters. The standard InChI is InChI=1S/C17H14O4/c1-3-5-17(18)21-16-9-7-13-10-15(20-12-19-4-2)8-6-14(13)11-16/h4-11H,1-2,12H2. The first-order valence-electron chi connectivity index (χ1n) is 6.19. The Morgan fingerprint density at radius 3 is 2.48 bits per heavy atom. The van der Waals surface area contributed by atoms with Crippen LogP contribution in [0.2, 0.25) is 0 Å². The van der Waals surface area contributed by atoms with Crippen LogP contribution in [0.25, 0.3) is 10.8 Å². The van der Waals surface area contributed by atoms with E-state index in [1.54, 1.807) is 12.1 Å². The smallest absolute Gasteiger partial charge is 0.343 e. The Morgan fingerprint density at radius 1 is 1.14 bits per heavy atom. The van der Waals surface area contributed by atoms with Gasteiger partial charge in [0.15, 0.2) is 0 Å². The van der Waals surface area contributed by atoms with Crippen LogP contribution in [0.1, 0.15) is 0 Å². The molecule has 0 aliphatic carbocycles. The van der Waals surface area contributed by atoms with Gasteiger partial charge in [-0.3, -0.25) is 0 Å². The normalized spacial score (nSPS) is 9.52. The number of carbonyl (C=O) groups excluding carboxylic acids is 1. The van der Waals surface area contributed by atoms with Gasteiger partial charge in [-0.15, -0.1) is 5.73 Å². The fraction of sp³-hybridized carbons (Fsp3) is 0.0588. The summed E-state index contributed by atoms with van der Waals surface area (Å²) in [6.45, 7) is 6.86. The van der Waals surface area contributed by atoms with Crippen LogP contribution in [0.5, 0.6) is 11.5 Å². The number of rotatable bonds is 6. The summed E-state index contributed by atoms with van der Waals surface area (Å²) in [6, 6.07) is 10.9. The molecule has 0 fully saturated rings. The average Bonchev–Trinajstić information content (AvgIpc) is 2.48. The van der Waals surface area contributed by atoms with Gasteiger partial charge in [0.2, 0.25) is 6.79 Å². The van der Waals surface area contributed by atoms with Gasteiger partial charge in [-0.1, -0.05) is 25.3 Å². The lowest BCUT2D eigenvalue weighted by molar-refractivity contribution is -0.128. The summed E-state index contributed by atoms with van der Waals surface area (Å²) >= 11 is 0. The maximum absolute atomic E-state index is 11.3. The maximum Gasteiger partial charge on any atom is 0.343 e. The number of hydrogen-bond donors (Lipinski definition) is 0. The molecule has 2 rings (SSSR count). The highest BCUT2D eigenvalue weighted by Gasteiger charge is 2.03. The number of fused-ring (bicyclic) bond motifs is 1. The van der Waals surface area contributed by atoms with Crippen molar-refractivity contribution >= 4 is 16.7 Å². The van der Waals surface area contributed by atoms with E-state index in [2.05, 4.69) is 18.9 Å². The first-order chi connectivity index (χ1) is 10.2. The number of hydrogen-bond acceptors (Lipinski definition) is 4. The molecule has 0 N–H and O–H groups in total. The Labute approximate surface area is 122 Å². The number of ether oxygens (including phenoxy) is 3. The molecule has 106 valence electrons. The van der Waals surface area contributed by atoms with Crippen molar-refractivity contribution in [3.05, 3.63) is 67.6 Å². The minimum Gasteiger partial charge on any atom is -0.466 e. The van der Waals surface area contributed by atoms with Crippen molar-refractivity contribution < 1.29 is 19.0 Å². The van der Waals surface area contributed by atoms with Crippen molar-refractivity contribution in [1.82, 2.24) is 0 Å². The molecule has 0 aromatic heterocycles. The van der Waals surface area contributed by atoms with E-state index in [4.69, 9.17) is 14.2 Å². The molecule has 0 radical (unpaired) electrons. The lowest BCUT2D eigenvalue weighted by Crippen LogP contribution is -2.03. The van der Waals surface area contributed by atoms with E-state index in [9.17, 15) is 4.79 Å². The summed E-state index contributed by atoms with van der Waals surface area (Å²) in [7, 11) is 0. The monoisotopic (exact) mass is 282 g/mol. The van der Waals surface area contributed by atoms with Gasteiger partial charge in [0.25, 0.3) is 0 Å². The first kappa shape index (κ1) is 14.4. The van der Waals surface area contributed by atoms with E-state index in [1.807, 2.05) is 24.3 Å². The van der Waals surface area contributed by atoms with Crippen molar-refractivity contribution in [3.8, 4) is 11.5 Å². The van der Waals surface area contributed by atoms with Crippen LogP contribution >= 0.6 is 0 Å². The molecule has 2 aromatic carbocycles. The zero-order valence-corrected chi connectivity index (χ0v) is 11.4. The van der Waals surface area contributed by atoms with Crippen LogP contribution < -0.4 is 9.47 Å². The molecule has 0 amide bonds. The molecular weight excluding hydrogens is 268 g/mol. The van der Waals surface area contributed by atoms with E-state index in [0.29, 0.717) is 11.5 Å². The van der Waals surface area contributed by atoms with Gasteiger partial charge in [-0.25, -0.2) is 4.79 Å². The number of carbonyl (C=O) groups is 1. The number of esters is 1. The van der Waals surface area contributed by atoms with Crippen molar-refractivity contribution in [2.45, 2.75) is 0 Å². The highest BCUT2D eigenvalue weighted by atomic mass is 16.7. The molecule has 0 bridgehead atoms. The topological polar surface area (TPSA) is 44.8 Å². The van der Waals surface area contributed by atoms with Gasteiger partial charge in [0.05, 0.1) is 12.3 Å². The summed E-state index contributed by atoms with van der Waals surface area (Å²) in [4.78, 5) is 11.3. The lowest BCUT2D eigenvalue weighted by atomic mass is 10.1. The third kappa shape index (κ3) is 4.00. The van der Waals surface area contributed by atoms with Crippen molar-refractivity contribution in [1.29, 1.82) is 0 Å². The minimum atomic E-state index is -0.508.